The van der Waals surface area contributed by atoms with E-state index in [2.05, 4.69) is 36.6 Å². The standard InChI is InChI=1S/C29H47N9O6/c1-5-19(2)43-23(18-42-4)26(39)20(3)44-29(30)38-37-25-13-11-22(17-35-25)28(41)33-15-9-7-6-8-14-32-27(40)21-10-12-24(36-31)34-16-21/h10-13,16-17,19-20,23,26,39H,5-9,14-15,18,31H2,1-4H3,(H2,30,38)(H,32,40)(H,33,41)(H,34,36)(H,35,37). The lowest BCUT2D eigenvalue weighted by Gasteiger charge is -2.29. The number of nitrogen functional groups attached to an aromatic ring is 1. The Hall–Kier alpha value is -4.05. The molecule has 4 atom stereocenters. The van der Waals surface area contributed by atoms with Crippen molar-refractivity contribution < 1.29 is 28.9 Å². The SMILES string of the molecule is CCC(C)OC(COC)C(O)C(C)OC(N)=NNc1ccc(C(=O)NCCCCCCNC(=O)c2ccc(NN)nc2)cn1. The van der Waals surface area contributed by atoms with Crippen LogP contribution in [0, 0.1) is 0 Å². The number of hydrazone groups is 1. The number of amides is 2. The summed E-state index contributed by atoms with van der Waals surface area (Å²) in [5.74, 6) is 5.69. The Morgan fingerprint density at radius 2 is 1.52 bits per heavy atom. The van der Waals surface area contributed by atoms with Crippen LogP contribution in [0.15, 0.2) is 41.8 Å². The summed E-state index contributed by atoms with van der Waals surface area (Å²) in [5.41, 5.74) is 11.8. The van der Waals surface area contributed by atoms with E-state index in [0.29, 0.717) is 35.9 Å². The van der Waals surface area contributed by atoms with Crippen molar-refractivity contribution in [3.05, 3.63) is 47.8 Å². The van der Waals surface area contributed by atoms with E-state index in [0.717, 1.165) is 32.1 Å². The highest BCUT2D eigenvalue weighted by molar-refractivity contribution is 5.94. The molecule has 9 N–H and O–H groups in total. The second kappa shape index (κ2) is 20.0. The number of amidine groups is 1. The number of nitrogens with two attached hydrogens (primary N) is 2. The second-order valence-electron chi connectivity index (χ2n) is 10.2. The molecule has 0 spiro atoms. The molecule has 0 aliphatic carbocycles. The monoisotopic (exact) mass is 617 g/mol. The Labute approximate surface area is 258 Å². The van der Waals surface area contributed by atoms with Crippen LogP contribution >= 0.6 is 0 Å². The lowest BCUT2D eigenvalue weighted by molar-refractivity contribution is -0.126. The number of hydrogen-bond donors (Lipinski definition) is 7. The van der Waals surface area contributed by atoms with Crippen molar-refractivity contribution in [3.8, 4) is 0 Å². The molecule has 44 heavy (non-hydrogen) atoms. The van der Waals surface area contributed by atoms with Crippen LogP contribution in [0.5, 0.6) is 0 Å². The van der Waals surface area contributed by atoms with Gasteiger partial charge in [-0.15, -0.1) is 5.10 Å². The van der Waals surface area contributed by atoms with Gasteiger partial charge in [-0.3, -0.25) is 15.0 Å². The zero-order valence-corrected chi connectivity index (χ0v) is 25.9. The number of unbranched alkanes of at least 4 members (excludes halogenated alkanes) is 3. The molecule has 2 amide bonds. The first-order chi connectivity index (χ1) is 21.2. The summed E-state index contributed by atoms with van der Waals surface area (Å²) in [7, 11) is 1.53. The van der Waals surface area contributed by atoms with Gasteiger partial charge in [0.2, 0.25) is 0 Å². The van der Waals surface area contributed by atoms with Gasteiger partial charge in [0.15, 0.2) is 0 Å². The molecule has 0 saturated carbocycles. The van der Waals surface area contributed by atoms with Crippen LogP contribution in [0.4, 0.5) is 11.6 Å². The Balaban J connectivity index is 1.65. The maximum Gasteiger partial charge on any atom is 0.304 e. The number of nitrogens with one attached hydrogen (secondary N) is 4. The van der Waals surface area contributed by atoms with Gasteiger partial charge in [0.05, 0.1) is 23.8 Å². The maximum atomic E-state index is 12.4. The van der Waals surface area contributed by atoms with Crippen molar-refractivity contribution >= 4 is 29.5 Å². The van der Waals surface area contributed by atoms with Crippen molar-refractivity contribution in [2.24, 2.45) is 16.7 Å². The largest absolute Gasteiger partial charge is 0.458 e. The van der Waals surface area contributed by atoms with E-state index in [4.69, 9.17) is 25.8 Å². The average Bonchev–Trinajstić information content (AvgIpc) is 3.04. The second-order valence-corrected chi connectivity index (χ2v) is 10.2. The minimum atomic E-state index is -0.997. The number of ether oxygens (including phenoxy) is 3. The minimum absolute atomic E-state index is 0.0537. The van der Waals surface area contributed by atoms with Gasteiger partial charge in [-0.1, -0.05) is 19.8 Å². The van der Waals surface area contributed by atoms with Crippen molar-refractivity contribution in [3.63, 3.8) is 0 Å². The van der Waals surface area contributed by atoms with E-state index >= 15 is 0 Å². The molecule has 0 fully saturated rings. The van der Waals surface area contributed by atoms with E-state index in [1.54, 1.807) is 31.2 Å². The molecule has 244 valence electrons. The topological polar surface area (TPSA) is 220 Å². The Kier molecular flexibility index (Phi) is 16.4. The maximum absolute atomic E-state index is 12.4. The normalized spacial score (nSPS) is 14.2. The van der Waals surface area contributed by atoms with Gasteiger partial charge >= 0.3 is 6.02 Å². The van der Waals surface area contributed by atoms with Crippen LogP contribution in [-0.2, 0) is 14.2 Å². The van der Waals surface area contributed by atoms with E-state index in [1.165, 1.54) is 19.5 Å². The Morgan fingerprint density at radius 1 is 0.955 bits per heavy atom. The van der Waals surface area contributed by atoms with Gasteiger partial charge in [-0.05, 0) is 57.4 Å². The molecule has 2 aromatic rings. The predicted molar refractivity (Wildman–Crippen MR) is 168 cm³/mol. The Morgan fingerprint density at radius 3 is 2.00 bits per heavy atom. The number of pyridine rings is 2. The van der Waals surface area contributed by atoms with Gasteiger partial charge < -0.3 is 41.1 Å². The van der Waals surface area contributed by atoms with Crippen molar-refractivity contribution in [1.29, 1.82) is 0 Å². The highest BCUT2D eigenvalue weighted by Gasteiger charge is 2.29. The van der Waals surface area contributed by atoms with Crippen LogP contribution in [0.2, 0.25) is 0 Å². The van der Waals surface area contributed by atoms with Crippen LogP contribution < -0.4 is 33.1 Å². The van der Waals surface area contributed by atoms with Crippen LogP contribution in [-0.4, -0.2) is 84.1 Å². The third-order valence-corrected chi connectivity index (χ3v) is 6.64. The molecule has 2 aromatic heterocycles. The molecule has 15 heteroatoms. The molecule has 2 heterocycles. The number of hydrogen-bond acceptors (Lipinski definition) is 12. The molecule has 2 rings (SSSR count). The van der Waals surface area contributed by atoms with Gasteiger partial charge in [0.1, 0.15) is 29.9 Å². The molecule has 0 saturated heterocycles. The Bertz CT molecular complexity index is 1150. The first-order valence-corrected chi connectivity index (χ1v) is 14.7. The quantitative estimate of drug-likeness (QED) is 0.0371. The summed E-state index contributed by atoms with van der Waals surface area (Å²) in [6.07, 6.45) is 4.78. The molecular weight excluding hydrogens is 570 g/mol. The molecule has 15 nitrogen and oxygen atoms in total. The molecule has 0 aliphatic rings. The number of anilines is 2. The van der Waals surface area contributed by atoms with E-state index in [1.807, 2.05) is 13.8 Å². The van der Waals surface area contributed by atoms with Crippen molar-refractivity contribution in [2.45, 2.75) is 77.3 Å². The summed E-state index contributed by atoms with van der Waals surface area (Å²) < 4.78 is 16.5. The van der Waals surface area contributed by atoms with E-state index in [9.17, 15) is 14.7 Å². The van der Waals surface area contributed by atoms with Gasteiger partial charge in [0, 0.05) is 32.6 Å². The first-order valence-electron chi connectivity index (χ1n) is 14.7. The number of nitrogens with zero attached hydrogens (tertiary/aromatic N) is 3. The summed E-state index contributed by atoms with van der Waals surface area (Å²) in [6.45, 7) is 6.83. The summed E-state index contributed by atoms with van der Waals surface area (Å²) >= 11 is 0. The number of hydrazine groups is 1. The summed E-state index contributed by atoms with van der Waals surface area (Å²) in [5, 5.41) is 20.3. The van der Waals surface area contributed by atoms with Gasteiger partial charge in [-0.25, -0.2) is 15.8 Å². The summed E-state index contributed by atoms with van der Waals surface area (Å²) in [4.78, 5) is 32.7. The highest BCUT2D eigenvalue weighted by Crippen LogP contribution is 2.13. The zero-order valence-electron chi connectivity index (χ0n) is 25.9. The number of aliphatic hydroxyl groups excluding tert-OH is 1. The third-order valence-electron chi connectivity index (χ3n) is 6.64. The average molecular weight is 618 g/mol. The molecule has 0 aliphatic heterocycles. The lowest BCUT2D eigenvalue weighted by Crippen LogP contribution is -2.44. The van der Waals surface area contributed by atoms with Crippen LogP contribution in [0.1, 0.15) is 73.6 Å². The minimum Gasteiger partial charge on any atom is -0.458 e. The number of aliphatic hydroxyl groups is 1. The van der Waals surface area contributed by atoms with Crippen LogP contribution in [0.3, 0.4) is 0 Å². The first kappa shape index (κ1) is 36.1. The molecule has 4 unspecified atom stereocenters. The number of methoxy groups -OCH3 is 1. The van der Waals surface area contributed by atoms with E-state index in [-0.39, 0.29) is 30.5 Å². The highest BCUT2D eigenvalue weighted by atomic mass is 16.6. The molecule has 0 aromatic carbocycles. The van der Waals surface area contributed by atoms with Gasteiger partial charge in [0.25, 0.3) is 11.8 Å². The number of carbonyl (C=O) groups excluding carboxylic acids is 2. The van der Waals surface area contributed by atoms with Crippen molar-refractivity contribution in [1.82, 2.24) is 20.6 Å². The van der Waals surface area contributed by atoms with Crippen LogP contribution in [0.25, 0.3) is 0 Å². The van der Waals surface area contributed by atoms with Gasteiger partial charge in [-0.2, -0.15) is 0 Å². The molecule has 0 bridgehead atoms. The molecule has 0 radical (unpaired) electrons. The smallest absolute Gasteiger partial charge is 0.304 e. The fourth-order valence-electron chi connectivity index (χ4n) is 3.90. The summed E-state index contributed by atoms with van der Waals surface area (Å²) in [6, 6.07) is 6.29. The zero-order chi connectivity index (χ0) is 32.3. The lowest BCUT2D eigenvalue weighted by atomic mass is 10.1. The van der Waals surface area contributed by atoms with E-state index < -0.39 is 18.3 Å². The van der Waals surface area contributed by atoms with Crippen molar-refractivity contribution in [2.75, 3.05) is 37.7 Å². The number of rotatable bonds is 20. The fraction of sp³-hybridized carbons (Fsp3) is 0.552. The molecular formula is C29H47N9O6. The number of carbonyl (C=O) groups is 2. The predicted octanol–water partition coefficient (Wildman–Crippen LogP) is 1.72. The fourth-order valence-corrected chi connectivity index (χ4v) is 3.90. The number of aromatic nitrogens is 2. The third kappa shape index (κ3) is 13.1.